The van der Waals surface area contributed by atoms with E-state index in [4.69, 9.17) is 0 Å². The standard InChI is InChI=1S/C17H20N2O3/c1-2-18-11-14(13-7-3-4-8-15(13)18)16(20)19-9-5-6-12(10-19)17(21)22/h3-4,7-8,11-12H,2,5-6,9-10H2,1H3,(H,21,22)/t12-/m1/s1. The number of carbonyl (C=O) groups excluding carboxylic acids is 1. The number of aryl methyl sites for hydroxylation is 1. The molecule has 1 atom stereocenters. The lowest BCUT2D eigenvalue weighted by Crippen LogP contribution is -2.42. The van der Waals surface area contributed by atoms with Crippen LogP contribution in [0.4, 0.5) is 0 Å². The van der Waals surface area contributed by atoms with E-state index >= 15 is 0 Å². The summed E-state index contributed by atoms with van der Waals surface area (Å²) in [7, 11) is 0. The van der Waals surface area contributed by atoms with E-state index in [0.29, 0.717) is 25.1 Å². The van der Waals surface area contributed by atoms with Crippen LogP contribution in [0.25, 0.3) is 10.9 Å². The fourth-order valence-electron chi connectivity index (χ4n) is 3.21. The van der Waals surface area contributed by atoms with Gasteiger partial charge >= 0.3 is 5.97 Å². The minimum Gasteiger partial charge on any atom is -0.481 e. The van der Waals surface area contributed by atoms with Gasteiger partial charge in [0.25, 0.3) is 5.91 Å². The van der Waals surface area contributed by atoms with Gasteiger partial charge in [-0.1, -0.05) is 18.2 Å². The summed E-state index contributed by atoms with van der Waals surface area (Å²) in [6, 6.07) is 7.85. The summed E-state index contributed by atoms with van der Waals surface area (Å²) in [6.45, 7) is 3.78. The molecule has 5 nitrogen and oxygen atoms in total. The van der Waals surface area contributed by atoms with E-state index < -0.39 is 11.9 Å². The van der Waals surface area contributed by atoms with Crippen molar-refractivity contribution >= 4 is 22.8 Å². The van der Waals surface area contributed by atoms with Gasteiger partial charge < -0.3 is 14.6 Å². The monoisotopic (exact) mass is 300 g/mol. The van der Waals surface area contributed by atoms with Gasteiger partial charge in [-0.3, -0.25) is 9.59 Å². The molecular formula is C17H20N2O3. The predicted octanol–water partition coefficient (Wildman–Crippen LogP) is 2.60. The van der Waals surface area contributed by atoms with Crippen LogP contribution < -0.4 is 0 Å². The summed E-state index contributed by atoms with van der Waals surface area (Å²) in [4.78, 5) is 25.7. The Labute approximate surface area is 129 Å². The van der Waals surface area contributed by atoms with Gasteiger partial charge in [0.15, 0.2) is 0 Å². The number of hydrogen-bond acceptors (Lipinski definition) is 2. The van der Waals surface area contributed by atoms with Gasteiger partial charge in [-0.15, -0.1) is 0 Å². The number of para-hydroxylation sites is 1. The minimum atomic E-state index is -0.812. The van der Waals surface area contributed by atoms with Crippen LogP contribution in [0.3, 0.4) is 0 Å². The maximum atomic E-state index is 12.8. The van der Waals surface area contributed by atoms with Gasteiger partial charge in [0.1, 0.15) is 0 Å². The Morgan fingerprint density at radius 1 is 1.32 bits per heavy atom. The second kappa shape index (κ2) is 5.83. The summed E-state index contributed by atoms with van der Waals surface area (Å²) in [5.41, 5.74) is 1.71. The molecule has 0 bridgehead atoms. The third kappa shape index (κ3) is 2.47. The Morgan fingerprint density at radius 2 is 2.09 bits per heavy atom. The van der Waals surface area contributed by atoms with Gasteiger partial charge in [0.05, 0.1) is 11.5 Å². The van der Waals surface area contributed by atoms with Crippen LogP contribution >= 0.6 is 0 Å². The third-order valence-corrected chi connectivity index (χ3v) is 4.42. The lowest BCUT2D eigenvalue weighted by atomic mass is 9.97. The maximum Gasteiger partial charge on any atom is 0.308 e. The first-order chi connectivity index (χ1) is 10.6. The highest BCUT2D eigenvalue weighted by Crippen LogP contribution is 2.25. The number of aliphatic carboxylic acids is 1. The average molecular weight is 300 g/mol. The van der Waals surface area contributed by atoms with Gasteiger partial charge in [-0.25, -0.2) is 0 Å². The van der Waals surface area contributed by atoms with E-state index in [2.05, 4.69) is 4.57 Å². The van der Waals surface area contributed by atoms with Crippen molar-refractivity contribution in [3.63, 3.8) is 0 Å². The summed E-state index contributed by atoms with van der Waals surface area (Å²) in [5.74, 6) is -1.32. The van der Waals surface area contributed by atoms with Gasteiger partial charge in [0, 0.05) is 36.7 Å². The first-order valence-electron chi connectivity index (χ1n) is 7.71. The van der Waals surface area contributed by atoms with Gasteiger partial charge in [-0.05, 0) is 25.8 Å². The molecule has 1 N–H and O–H groups in total. The normalized spacial score (nSPS) is 18.6. The molecule has 1 aliphatic heterocycles. The van der Waals surface area contributed by atoms with E-state index in [1.54, 1.807) is 4.90 Å². The molecule has 1 fully saturated rings. The van der Waals surface area contributed by atoms with Crippen LogP contribution in [0.5, 0.6) is 0 Å². The number of carboxylic acids is 1. The molecule has 3 rings (SSSR count). The van der Waals surface area contributed by atoms with Crippen molar-refractivity contribution in [1.29, 1.82) is 0 Å². The molecule has 1 amide bonds. The number of benzene rings is 1. The Balaban J connectivity index is 1.94. The second-order valence-electron chi connectivity index (χ2n) is 5.77. The van der Waals surface area contributed by atoms with E-state index in [9.17, 15) is 14.7 Å². The van der Waals surface area contributed by atoms with Crippen molar-refractivity contribution < 1.29 is 14.7 Å². The van der Waals surface area contributed by atoms with Crippen LogP contribution in [-0.2, 0) is 11.3 Å². The number of piperidine rings is 1. The number of amides is 1. The number of nitrogens with zero attached hydrogens (tertiary/aromatic N) is 2. The number of fused-ring (bicyclic) bond motifs is 1. The molecule has 1 saturated heterocycles. The van der Waals surface area contributed by atoms with E-state index in [-0.39, 0.29) is 5.91 Å². The molecule has 5 heteroatoms. The number of likely N-dealkylation sites (tertiary alicyclic amines) is 1. The molecule has 0 radical (unpaired) electrons. The second-order valence-corrected chi connectivity index (χ2v) is 5.77. The molecule has 1 aromatic carbocycles. The quantitative estimate of drug-likeness (QED) is 0.947. The Bertz CT molecular complexity index is 720. The van der Waals surface area contributed by atoms with Crippen LogP contribution in [0, 0.1) is 5.92 Å². The predicted molar refractivity (Wildman–Crippen MR) is 83.9 cm³/mol. The van der Waals surface area contributed by atoms with Crippen molar-refractivity contribution in [1.82, 2.24) is 9.47 Å². The molecule has 1 aromatic heterocycles. The zero-order valence-corrected chi connectivity index (χ0v) is 12.7. The molecule has 116 valence electrons. The fraction of sp³-hybridized carbons (Fsp3) is 0.412. The topological polar surface area (TPSA) is 62.5 Å². The largest absolute Gasteiger partial charge is 0.481 e. The van der Waals surface area contributed by atoms with Crippen LogP contribution in [-0.4, -0.2) is 39.5 Å². The van der Waals surface area contributed by atoms with Crippen molar-refractivity contribution in [2.24, 2.45) is 5.92 Å². The van der Waals surface area contributed by atoms with E-state index in [0.717, 1.165) is 23.9 Å². The summed E-state index contributed by atoms with van der Waals surface area (Å²) in [6.07, 6.45) is 3.28. The molecule has 2 heterocycles. The van der Waals surface area contributed by atoms with Crippen molar-refractivity contribution in [2.45, 2.75) is 26.3 Å². The molecule has 2 aromatic rings. The zero-order chi connectivity index (χ0) is 15.7. The Kier molecular flexibility index (Phi) is 3.88. The van der Waals surface area contributed by atoms with E-state index in [1.807, 2.05) is 37.4 Å². The summed E-state index contributed by atoms with van der Waals surface area (Å²) < 4.78 is 2.06. The Morgan fingerprint density at radius 3 is 2.82 bits per heavy atom. The number of carbonyl (C=O) groups is 2. The van der Waals surface area contributed by atoms with Gasteiger partial charge in [-0.2, -0.15) is 0 Å². The highest BCUT2D eigenvalue weighted by molar-refractivity contribution is 6.07. The van der Waals surface area contributed by atoms with E-state index in [1.165, 1.54) is 0 Å². The number of hydrogen-bond donors (Lipinski definition) is 1. The number of aromatic nitrogens is 1. The fourth-order valence-corrected chi connectivity index (χ4v) is 3.21. The van der Waals surface area contributed by atoms with Crippen LogP contribution in [0.2, 0.25) is 0 Å². The molecule has 0 spiro atoms. The summed E-state index contributed by atoms with van der Waals surface area (Å²) in [5, 5.41) is 10.1. The van der Waals surface area contributed by atoms with Crippen molar-refractivity contribution in [2.75, 3.05) is 13.1 Å². The maximum absolute atomic E-state index is 12.8. The average Bonchev–Trinajstić information content (AvgIpc) is 2.93. The number of carboxylic acid groups (broad SMARTS) is 1. The highest BCUT2D eigenvalue weighted by Gasteiger charge is 2.29. The first-order valence-corrected chi connectivity index (χ1v) is 7.71. The lowest BCUT2D eigenvalue weighted by Gasteiger charge is -2.30. The number of rotatable bonds is 3. The Hall–Kier alpha value is -2.30. The molecule has 22 heavy (non-hydrogen) atoms. The third-order valence-electron chi connectivity index (χ3n) is 4.42. The summed E-state index contributed by atoms with van der Waals surface area (Å²) >= 11 is 0. The minimum absolute atomic E-state index is 0.0608. The molecule has 1 aliphatic rings. The first kappa shape index (κ1) is 14.6. The van der Waals surface area contributed by atoms with Gasteiger partial charge in [0.2, 0.25) is 0 Å². The SMILES string of the molecule is CCn1cc(C(=O)N2CCC[C@@H](C(=O)O)C2)c2ccccc21. The smallest absolute Gasteiger partial charge is 0.308 e. The van der Waals surface area contributed by atoms with Crippen LogP contribution in [0.1, 0.15) is 30.1 Å². The van der Waals surface area contributed by atoms with Crippen LogP contribution in [0.15, 0.2) is 30.5 Å². The lowest BCUT2D eigenvalue weighted by molar-refractivity contribution is -0.143. The van der Waals surface area contributed by atoms with Crippen molar-refractivity contribution in [3.05, 3.63) is 36.0 Å². The van der Waals surface area contributed by atoms with Crippen molar-refractivity contribution in [3.8, 4) is 0 Å². The highest BCUT2D eigenvalue weighted by atomic mass is 16.4. The molecule has 0 saturated carbocycles. The molecule has 0 unspecified atom stereocenters. The molecule has 0 aliphatic carbocycles. The molecular weight excluding hydrogens is 280 g/mol. The zero-order valence-electron chi connectivity index (χ0n) is 12.7.